The Bertz CT molecular complexity index is 288. The quantitative estimate of drug-likeness (QED) is 0.134. The largest absolute Gasteiger partial charge is 0.409 e. The zero-order chi connectivity index (χ0) is 14.7. The summed E-state index contributed by atoms with van der Waals surface area (Å²) in [4.78, 5) is 0. The summed E-state index contributed by atoms with van der Waals surface area (Å²) in [6, 6.07) is 0. The standard InChI is InChI=1S/C14H29N3O2/c1-12(2)11-19-10-9-16-8-6-5-7-14(3,4)13(15)17-18/h16,18H,1,5-11H2,2-4H3,(H2,15,17). The molecule has 5 heteroatoms. The maximum absolute atomic E-state index is 8.66. The SMILES string of the molecule is C=C(C)COCCNCCCCC(C)(C)C(N)=NO. The molecule has 0 saturated carbocycles. The van der Waals surface area contributed by atoms with E-state index in [-0.39, 0.29) is 5.41 Å². The van der Waals surface area contributed by atoms with Crippen molar-refractivity contribution in [1.82, 2.24) is 5.32 Å². The second-order valence-electron chi connectivity index (χ2n) is 5.59. The molecule has 0 amide bonds. The molecule has 0 bridgehead atoms. The first-order chi connectivity index (χ1) is 8.90. The van der Waals surface area contributed by atoms with Crippen LogP contribution in [0.25, 0.3) is 0 Å². The minimum atomic E-state index is -0.237. The molecule has 0 aliphatic heterocycles. The van der Waals surface area contributed by atoms with Crippen LogP contribution < -0.4 is 11.1 Å². The first-order valence-corrected chi connectivity index (χ1v) is 6.81. The third-order valence-corrected chi connectivity index (χ3v) is 2.98. The van der Waals surface area contributed by atoms with Gasteiger partial charge in [0, 0.05) is 12.0 Å². The van der Waals surface area contributed by atoms with Gasteiger partial charge >= 0.3 is 0 Å². The van der Waals surface area contributed by atoms with Crippen LogP contribution in [0.5, 0.6) is 0 Å². The molecule has 0 aliphatic rings. The summed E-state index contributed by atoms with van der Waals surface area (Å²) in [7, 11) is 0. The number of nitrogens with two attached hydrogens (primary N) is 1. The lowest BCUT2D eigenvalue weighted by atomic mass is 9.86. The average Bonchev–Trinajstić information content (AvgIpc) is 2.35. The Hall–Kier alpha value is -1.07. The molecule has 0 atom stereocenters. The molecule has 0 aromatic carbocycles. The van der Waals surface area contributed by atoms with E-state index in [0.717, 1.165) is 37.9 Å². The fraction of sp³-hybridized carbons (Fsp3) is 0.786. The molecule has 112 valence electrons. The molecule has 0 saturated heterocycles. The fourth-order valence-corrected chi connectivity index (χ4v) is 1.60. The van der Waals surface area contributed by atoms with Gasteiger partial charge in [0.15, 0.2) is 0 Å². The minimum absolute atomic E-state index is 0.237. The number of rotatable bonds is 11. The van der Waals surface area contributed by atoms with Crippen LogP contribution in [0.15, 0.2) is 17.3 Å². The molecule has 0 rings (SSSR count). The van der Waals surface area contributed by atoms with Gasteiger partial charge in [0.25, 0.3) is 0 Å². The van der Waals surface area contributed by atoms with E-state index in [1.807, 2.05) is 20.8 Å². The Morgan fingerprint density at radius 3 is 2.63 bits per heavy atom. The van der Waals surface area contributed by atoms with Crippen molar-refractivity contribution in [3.63, 3.8) is 0 Å². The molecule has 0 aromatic heterocycles. The predicted molar refractivity (Wildman–Crippen MR) is 79.5 cm³/mol. The highest BCUT2D eigenvalue weighted by atomic mass is 16.5. The second-order valence-corrected chi connectivity index (χ2v) is 5.59. The maximum atomic E-state index is 8.66. The van der Waals surface area contributed by atoms with E-state index in [1.54, 1.807) is 0 Å². The van der Waals surface area contributed by atoms with Gasteiger partial charge in [-0.25, -0.2) is 0 Å². The van der Waals surface area contributed by atoms with Crippen LogP contribution in [0.2, 0.25) is 0 Å². The van der Waals surface area contributed by atoms with Crippen LogP contribution in [0.1, 0.15) is 40.0 Å². The zero-order valence-corrected chi connectivity index (χ0v) is 12.5. The smallest absolute Gasteiger partial charge is 0.144 e. The van der Waals surface area contributed by atoms with E-state index in [9.17, 15) is 0 Å². The molecule has 0 unspecified atom stereocenters. The van der Waals surface area contributed by atoms with E-state index in [2.05, 4.69) is 17.1 Å². The number of amidine groups is 1. The summed E-state index contributed by atoms with van der Waals surface area (Å²) in [5, 5.41) is 15.1. The number of nitrogens with zero attached hydrogens (tertiary/aromatic N) is 1. The summed E-state index contributed by atoms with van der Waals surface area (Å²) in [6.07, 6.45) is 3.03. The van der Waals surface area contributed by atoms with Crippen LogP contribution >= 0.6 is 0 Å². The van der Waals surface area contributed by atoms with Gasteiger partial charge in [0.1, 0.15) is 5.84 Å². The molecule has 0 radical (unpaired) electrons. The van der Waals surface area contributed by atoms with Gasteiger partial charge in [0.2, 0.25) is 0 Å². The Kier molecular flexibility index (Phi) is 9.26. The Labute approximate surface area is 116 Å². The predicted octanol–water partition coefficient (Wildman–Crippen LogP) is 2.11. The van der Waals surface area contributed by atoms with Crippen molar-refractivity contribution in [2.45, 2.75) is 40.0 Å². The fourth-order valence-electron chi connectivity index (χ4n) is 1.60. The molecular formula is C14H29N3O2. The number of ether oxygens (including phenoxy) is 1. The Morgan fingerprint density at radius 1 is 1.37 bits per heavy atom. The monoisotopic (exact) mass is 271 g/mol. The van der Waals surface area contributed by atoms with Crippen LogP contribution in [-0.2, 0) is 4.74 Å². The topological polar surface area (TPSA) is 79.9 Å². The van der Waals surface area contributed by atoms with Gasteiger partial charge in [-0.3, -0.25) is 0 Å². The highest BCUT2D eigenvalue weighted by molar-refractivity contribution is 5.85. The van der Waals surface area contributed by atoms with Gasteiger partial charge in [-0.1, -0.05) is 37.6 Å². The van der Waals surface area contributed by atoms with Gasteiger partial charge < -0.3 is 21.0 Å². The molecule has 0 spiro atoms. The average molecular weight is 271 g/mol. The first kappa shape index (κ1) is 17.9. The maximum Gasteiger partial charge on any atom is 0.144 e. The Balaban J connectivity index is 3.43. The van der Waals surface area contributed by atoms with E-state index >= 15 is 0 Å². The summed E-state index contributed by atoms with van der Waals surface area (Å²) in [6.45, 7) is 12.9. The van der Waals surface area contributed by atoms with Gasteiger partial charge in [-0.05, 0) is 26.3 Å². The van der Waals surface area contributed by atoms with Gasteiger partial charge in [0.05, 0.1) is 13.2 Å². The van der Waals surface area contributed by atoms with Crippen molar-refractivity contribution in [2.75, 3.05) is 26.3 Å². The molecule has 5 nitrogen and oxygen atoms in total. The second kappa shape index (κ2) is 9.81. The third-order valence-electron chi connectivity index (χ3n) is 2.98. The van der Waals surface area contributed by atoms with Crippen molar-refractivity contribution in [3.8, 4) is 0 Å². The molecule has 19 heavy (non-hydrogen) atoms. The van der Waals surface area contributed by atoms with Crippen molar-refractivity contribution >= 4 is 5.84 Å². The molecule has 0 heterocycles. The number of oxime groups is 1. The van der Waals surface area contributed by atoms with E-state index < -0.39 is 0 Å². The summed E-state index contributed by atoms with van der Waals surface area (Å²) in [5.74, 6) is 0.300. The molecule has 0 fully saturated rings. The van der Waals surface area contributed by atoms with Crippen molar-refractivity contribution in [1.29, 1.82) is 0 Å². The molecule has 0 aromatic rings. The highest BCUT2D eigenvalue weighted by Crippen LogP contribution is 2.22. The van der Waals surface area contributed by atoms with Crippen molar-refractivity contribution < 1.29 is 9.94 Å². The van der Waals surface area contributed by atoms with E-state index in [4.69, 9.17) is 15.7 Å². The lowest BCUT2D eigenvalue weighted by Crippen LogP contribution is -2.32. The Morgan fingerprint density at radius 2 is 2.05 bits per heavy atom. The zero-order valence-electron chi connectivity index (χ0n) is 12.5. The molecular weight excluding hydrogens is 242 g/mol. The van der Waals surface area contributed by atoms with Crippen LogP contribution in [0.4, 0.5) is 0 Å². The third kappa shape index (κ3) is 9.50. The summed E-state index contributed by atoms with van der Waals surface area (Å²) < 4.78 is 5.38. The molecule has 4 N–H and O–H groups in total. The minimum Gasteiger partial charge on any atom is -0.409 e. The first-order valence-electron chi connectivity index (χ1n) is 6.81. The number of hydrogen-bond donors (Lipinski definition) is 3. The normalized spacial score (nSPS) is 12.7. The van der Waals surface area contributed by atoms with Crippen molar-refractivity contribution in [3.05, 3.63) is 12.2 Å². The lowest BCUT2D eigenvalue weighted by molar-refractivity contribution is 0.158. The lowest BCUT2D eigenvalue weighted by Gasteiger charge is -2.22. The van der Waals surface area contributed by atoms with Crippen LogP contribution in [-0.4, -0.2) is 37.3 Å². The van der Waals surface area contributed by atoms with E-state index in [0.29, 0.717) is 19.0 Å². The van der Waals surface area contributed by atoms with Crippen molar-refractivity contribution in [2.24, 2.45) is 16.3 Å². The number of hydrogen-bond acceptors (Lipinski definition) is 4. The molecule has 0 aliphatic carbocycles. The van der Waals surface area contributed by atoms with Crippen LogP contribution in [0.3, 0.4) is 0 Å². The summed E-state index contributed by atoms with van der Waals surface area (Å²) in [5.41, 5.74) is 6.44. The highest BCUT2D eigenvalue weighted by Gasteiger charge is 2.22. The van der Waals surface area contributed by atoms with Gasteiger partial charge in [-0.2, -0.15) is 0 Å². The van der Waals surface area contributed by atoms with Gasteiger partial charge in [-0.15, -0.1) is 0 Å². The summed E-state index contributed by atoms with van der Waals surface area (Å²) >= 11 is 0. The number of nitrogens with one attached hydrogen (secondary N) is 1. The number of unbranched alkanes of at least 4 members (excludes halogenated alkanes) is 1. The van der Waals surface area contributed by atoms with Crippen LogP contribution in [0, 0.1) is 5.41 Å². The van der Waals surface area contributed by atoms with E-state index in [1.165, 1.54) is 0 Å².